The molecular weight excluding hydrogens is 234 g/mol. The molecule has 0 bridgehead atoms. The maximum absolute atomic E-state index is 3.44. The van der Waals surface area contributed by atoms with Crippen molar-refractivity contribution in [2.45, 2.75) is 44.9 Å². The summed E-state index contributed by atoms with van der Waals surface area (Å²) in [4.78, 5) is 5.35. The molecule has 0 atom stereocenters. The summed E-state index contributed by atoms with van der Waals surface area (Å²) < 4.78 is 0. The van der Waals surface area contributed by atoms with E-state index in [9.17, 15) is 0 Å². The van der Waals surface area contributed by atoms with Crippen LogP contribution in [-0.4, -0.2) is 62.2 Å². The second-order valence-corrected chi connectivity index (χ2v) is 6.99. The molecule has 3 nitrogen and oxygen atoms in total. The molecular formula is C16H31N3. The van der Waals surface area contributed by atoms with Crippen LogP contribution in [0.25, 0.3) is 0 Å². The van der Waals surface area contributed by atoms with E-state index in [1.807, 2.05) is 0 Å². The number of piperidine rings is 1. The van der Waals surface area contributed by atoms with Crippen LogP contribution in [0.5, 0.6) is 0 Å². The highest BCUT2D eigenvalue weighted by atomic mass is 15.2. The third-order valence-corrected chi connectivity index (χ3v) is 5.77. The van der Waals surface area contributed by atoms with Crippen LogP contribution >= 0.6 is 0 Å². The first-order chi connectivity index (χ1) is 9.36. The van der Waals surface area contributed by atoms with E-state index >= 15 is 0 Å². The Balaban J connectivity index is 1.37. The normalized spacial score (nSPS) is 29.7. The molecule has 2 heterocycles. The quantitative estimate of drug-likeness (QED) is 0.841. The number of nitrogens with one attached hydrogen (secondary N) is 1. The monoisotopic (exact) mass is 265 g/mol. The lowest BCUT2D eigenvalue weighted by Crippen LogP contribution is -2.48. The number of piperazine rings is 1. The molecule has 0 unspecified atom stereocenters. The van der Waals surface area contributed by atoms with Gasteiger partial charge in [-0.1, -0.05) is 19.3 Å². The van der Waals surface area contributed by atoms with Crippen molar-refractivity contribution in [1.82, 2.24) is 15.1 Å². The molecule has 3 fully saturated rings. The molecule has 1 aliphatic carbocycles. The van der Waals surface area contributed by atoms with Crippen molar-refractivity contribution in [2.24, 2.45) is 5.41 Å². The minimum Gasteiger partial charge on any atom is -0.314 e. The van der Waals surface area contributed by atoms with Gasteiger partial charge in [0.15, 0.2) is 0 Å². The van der Waals surface area contributed by atoms with Gasteiger partial charge in [0.25, 0.3) is 0 Å². The molecule has 1 N–H and O–H groups in total. The van der Waals surface area contributed by atoms with Gasteiger partial charge in [0.05, 0.1) is 0 Å². The average Bonchev–Trinajstić information content (AvgIpc) is 2.49. The molecule has 3 aliphatic rings. The fraction of sp³-hybridized carbons (Fsp3) is 1.00. The van der Waals surface area contributed by atoms with E-state index in [-0.39, 0.29) is 0 Å². The van der Waals surface area contributed by atoms with Gasteiger partial charge in [0.1, 0.15) is 0 Å². The smallest absolute Gasteiger partial charge is 0.0110 e. The first-order valence-corrected chi connectivity index (χ1v) is 8.52. The molecule has 1 saturated carbocycles. The number of hydrogen-bond donors (Lipinski definition) is 1. The third kappa shape index (κ3) is 3.71. The molecule has 2 saturated heterocycles. The van der Waals surface area contributed by atoms with Gasteiger partial charge >= 0.3 is 0 Å². The summed E-state index contributed by atoms with van der Waals surface area (Å²) in [5, 5.41) is 3.44. The summed E-state index contributed by atoms with van der Waals surface area (Å²) in [6, 6.07) is 0. The molecule has 3 rings (SSSR count). The summed E-state index contributed by atoms with van der Waals surface area (Å²) in [5.41, 5.74) is 0.768. The van der Waals surface area contributed by atoms with Gasteiger partial charge in [-0.3, -0.25) is 4.90 Å². The standard InChI is InChI=1S/C16H31N3/c1-2-4-16(5-3-1)6-10-18(11-7-16)14-15-19-12-8-17-9-13-19/h17H,1-15H2. The van der Waals surface area contributed by atoms with Gasteiger partial charge in [-0.25, -0.2) is 0 Å². The molecule has 3 heteroatoms. The fourth-order valence-corrected chi connectivity index (χ4v) is 4.27. The first kappa shape index (κ1) is 13.8. The van der Waals surface area contributed by atoms with Gasteiger partial charge in [-0.2, -0.15) is 0 Å². The lowest BCUT2D eigenvalue weighted by atomic mass is 9.68. The maximum Gasteiger partial charge on any atom is 0.0110 e. The van der Waals surface area contributed by atoms with Crippen LogP contribution < -0.4 is 5.32 Å². The van der Waals surface area contributed by atoms with Crippen molar-refractivity contribution in [1.29, 1.82) is 0 Å². The van der Waals surface area contributed by atoms with Crippen LogP contribution in [0.1, 0.15) is 44.9 Å². The minimum absolute atomic E-state index is 0.768. The van der Waals surface area contributed by atoms with Crippen molar-refractivity contribution in [3.05, 3.63) is 0 Å². The molecule has 0 amide bonds. The van der Waals surface area contributed by atoms with Gasteiger partial charge in [-0.05, 0) is 44.2 Å². The van der Waals surface area contributed by atoms with Crippen LogP contribution in [-0.2, 0) is 0 Å². The largest absolute Gasteiger partial charge is 0.314 e. The Morgan fingerprint density at radius 1 is 0.684 bits per heavy atom. The lowest BCUT2D eigenvalue weighted by Gasteiger charge is -2.44. The van der Waals surface area contributed by atoms with Gasteiger partial charge in [-0.15, -0.1) is 0 Å². The molecule has 1 spiro atoms. The van der Waals surface area contributed by atoms with Crippen LogP contribution in [0.15, 0.2) is 0 Å². The van der Waals surface area contributed by atoms with Gasteiger partial charge in [0.2, 0.25) is 0 Å². The Kier molecular flexibility index (Phi) is 4.78. The lowest BCUT2D eigenvalue weighted by molar-refractivity contribution is 0.0612. The molecule has 0 radical (unpaired) electrons. The predicted molar refractivity (Wildman–Crippen MR) is 80.5 cm³/mol. The highest BCUT2D eigenvalue weighted by Gasteiger charge is 2.35. The Labute approximate surface area is 118 Å². The molecule has 110 valence electrons. The Morgan fingerprint density at radius 2 is 1.26 bits per heavy atom. The Hall–Kier alpha value is -0.120. The summed E-state index contributed by atoms with van der Waals surface area (Å²) in [5.74, 6) is 0. The zero-order chi connectivity index (χ0) is 13.0. The van der Waals surface area contributed by atoms with Crippen LogP contribution in [0.2, 0.25) is 0 Å². The fourth-order valence-electron chi connectivity index (χ4n) is 4.27. The van der Waals surface area contributed by atoms with E-state index in [4.69, 9.17) is 0 Å². The van der Waals surface area contributed by atoms with Gasteiger partial charge < -0.3 is 10.2 Å². The topological polar surface area (TPSA) is 18.5 Å². The van der Waals surface area contributed by atoms with Crippen molar-refractivity contribution in [2.75, 3.05) is 52.4 Å². The molecule has 19 heavy (non-hydrogen) atoms. The van der Waals surface area contributed by atoms with E-state index in [0.29, 0.717) is 0 Å². The van der Waals surface area contributed by atoms with Crippen LogP contribution in [0, 0.1) is 5.41 Å². The highest BCUT2D eigenvalue weighted by molar-refractivity contribution is 4.88. The maximum atomic E-state index is 3.44. The zero-order valence-electron chi connectivity index (χ0n) is 12.5. The average molecular weight is 265 g/mol. The number of nitrogens with zero attached hydrogens (tertiary/aromatic N) is 2. The van der Waals surface area contributed by atoms with E-state index < -0.39 is 0 Å². The molecule has 0 aromatic carbocycles. The molecule has 0 aromatic rings. The van der Waals surface area contributed by atoms with Crippen molar-refractivity contribution in [3.63, 3.8) is 0 Å². The summed E-state index contributed by atoms with van der Waals surface area (Å²) >= 11 is 0. The van der Waals surface area contributed by atoms with Crippen LogP contribution in [0.4, 0.5) is 0 Å². The second kappa shape index (κ2) is 6.55. The number of likely N-dealkylation sites (tertiary alicyclic amines) is 1. The van der Waals surface area contributed by atoms with Crippen molar-refractivity contribution >= 4 is 0 Å². The highest BCUT2D eigenvalue weighted by Crippen LogP contribution is 2.44. The van der Waals surface area contributed by atoms with Crippen LogP contribution in [0.3, 0.4) is 0 Å². The number of rotatable bonds is 3. The zero-order valence-corrected chi connectivity index (χ0v) is 12.5. The number of hydrogen-bond acceptors (Lipinski definition) is 3. The van der Waals surface area contributed by atoms with E-state index in [2.05, 4.69) is 15.1 Å². The van der Waals surface area contributed by atoms with Crippen molar-refractivity contribution in [3.8, 4) is 0 Å². The molecule has 2 aliphatic heterocycles. The van der Waals surface area contributed by atoms with E-state index in [0.717, 1.165) is 5.41 Å². The third-order valence-electron chi connectivity index (χ3n) is 5.77. The predicted octanol–water partition coefficient (Wildman–Crippen LogP) is 1.94. The molecule has 0 aromatic heterocycles. The summed E-state index contributed by atoms with van der Waals surface area (Å²) in [6.45, 7) is 10.2. The Bertz CT molecular complexity index is 254. The van der Waals surface area contributed by atoms with E-state index in [1.54, 1.807) is 0 Å². The minimum atomic E-state index is 0.768. The van der Waals surface area contributed by atoms with Crippen molar-refractivity contribution < 1.29 is 0 Å². The SMILES string of the molecule is C1CCC2(CC1)CCN(CCN1CCNCC1)CC2. The Morgan fingerprint density at radius 3 is 1.89 bits per heavy atom. The van der Waals surface area contributed by atoms with Gasteiger partial charge in [0, 0.05) is 39.3 Å². The first-order valence-electron chi connectivity index (χ1n) is 8.52. The summed E-state index contributed by atoms with van der Waals surface area (Å²) in [7, 11) is 0. The summed E-state index contributed by atoms with van der Waals surface area (Å²) in [6.07, 6.45) is 10.5. The second-order valence-electron chi connectivity index (χ2n) is 6.99. The van der Waals surface area contributed by atoms with E-state index in [1.165, 1.54) is 97.3 Å².